The molecule has 0 aliphatic heterocycles. The van der Waals surface area contributed by atoms with Crippen LogP contribution in [0.2, 0.25) is 0 Å². The van der Waals surface area contributed by atoms with Gasteiger partial charge in [-0.3, -0.25) is 9.59 Å². The monoisotopic (exact) mass is 480 g/mol. The van der Waals surface area contributed by atoms with Crippen LogP contribution in [0.15, 0.2) is 0 Å². The summed E-state index contributed by atoms with van der Waals surface area (Å²) in [5.74, 6) is 0.294. The molecule has 0 spiro atoms. The highest BCUT2D eigenvalue weighted by molar-refractivity contribution is 5.98. The molecular formula is C31H60O3. The average Bonchev–Trinajstić information content (AvgIpc) is 2.81. The number of carbonyl (C=O) groups excluding carboxylic acids is 2. The van der Waals surface area contributed by atoms with Crippen molar-refractivity contribution in [1.29, 1.82) is 0 Å². The number of hydrogen-bond acceptors (Lipinski definition) is 3. The van der Waals surface area contributed by atoms with Gasteiger partial charge in [0.2, 0.25) is 0 Å². The molecule has 0 fully saturated rings. The van der Waals surface area contributed by atoms with Crippen molar-refractivity contribution >= 4 is 11.6 Å². The van der Waals surface area contributed by atoms with Gasteiger partial charge in [0.05, 0.1) is 12.5 Å². The van der Waals surface area contributed by atoms with Gasteiger partial charge in [-0.15, -0.1) is 0 Å². The SMILES string of the molecule is CCCCCCCCCCCCCC(=O)CC(=O)CCCCCCCCCC(O)CCCCC. The van der Waals surface area contributed by atoms with E-state index in [0.29, 0.717) is 12.8 Å². The molecule has 0 bridgehead atoms. The maximum atomic E-state index is 12.0. The molecule has 0 amide bonds. The van der Waals surface area contributed by atoms with Crippen molar-refractivity contribution in [3.63, 3.8) is 0 Å². The summed E-state index contributed by atoms with van der Waals surface area (Å²) in [7, 11) is 0. The molecule has 0 aliphatic rings. The summed E-state index contributed by atoms with van der Waals surface area (Å²) in [6, 6.07) is 0. The molecule has 1 atom stereocenters. The zero-order chi connectivity index (χ0) is 25.1. The fraction of sp³-hybridized carbons (Fsp3) is 0.935. The normalized spacial score (nSPS) is 12.2. The molecule has 3 heteroatoms. The fourth-order valence-corrected chi connectivity index (χ4v) is 4.74. The zero-order valence-electron chi connectivity index (χ0n) is 23.2. The van der Waals surface area contributed by atoms with E-state index in [1.807, 2.05) is 0 Å². The van der Waals surface area contributed by atoms with E-state index in [2.05, 4.69) is 13.8 Å². The van der Waals surface area contributed by atoms with E-state index in [-0.39, 0.29) is 24.1 Å². The highest BCUT2D eigenvalue weighted by atomic mass is 16.3. The Kier molecular flexibility index (Phi) is 26.3. The summed E-state index contributed by atoms with van der Waals surface area (Å²) in [5.41, 5.74) is 0. The molecule has 0 saturated carbocycles. The number of unbranched alkanes of at least 4 members (excludes halogenated alkanes) is 18. The Balaban J connectivity index is 3.36. The fourth-order valence-electron chi connectivity index (χ4n) is 4.74. The molecule has 0 saturated heterocycles. The second-order valence-electron chi connectivity index (χ2n) is 10.7. The lowest BCUT2D eigenvalue weighted by Gasteiger charge is -2.09. The number of Topliss-reactive ketones (excluding diaryl/α,β-unsaturated/α-hetero) is 2. The lowest BCUT2D eigenvalue weighted by Crippen LogP contribution is -2.07. The van der Waals surface area contributed by atoms with Gasteiger partial charge >= 0.3 is 0 Å². The van der Waals surface area contributed by atoms with Crippen molar-refractivity contribution in [3.8, 4) is 0 Å². The maximum absolute atomic E-state index is 12.0. The van der Waals surface area contributed by atoms with E-state index in [9.17, 15) is 14.7 Å². The van der Waals surface area contributed by atoms with E-state index in [0.717, 1.165) is 51.4 Å². The predicted molar refractivity (Wildman–Crippen MR) is 147 cm³/mol. The quantitative estimate of drug-likeness (QED) is 0.0895. The van der Waals surface area contributed by atoms with Crippen LogP contribution < -0.4 is 0 Å². The molecule has 0 aliphatic carbocycles. The Morgan fingerprint density at radius 3 is 1.18 bits per heavy atom. The van der Waals surface area contributed by atoms with Crippen molar-refractivity contribution in [3.05, 3.63) is 0 Å². The summed E-state index contributed by atoms with van der Waals surface area (Å²) >= 11 is 0. The number of rotatable bonds is 28. The number of aliphatic hydroxyl groups is 1. The molecule has 0 rings (SSSR count). The first-order chi connectivity index (χ1) is 16.6. The molecule has 202 valence electrons. The second-order valence-corrected chi connectivity index (χ2v) is 10.7. The van der Waals surface area contributed by atoms with Crippen LogP contribution in [-0.2, 0) is 9.59 Å². The number of aliphatic hydroxyl groups excluding tert-OH is 1. The second kappa shape index (κ2) is 26.9. The Bertz CT molecular complexity index is 446. The van der Waals surface area contributed by atoms with Crippen molar-refractivity contribution < 1.29 is 14.7 Å². The predicted octanol–water partition coefficient (Wildman–Crippen LogP) is 9.67. The smallest absolute Gasteiger partial charge is 0.140 e. The van der Waals surface area contributed by atoms with Gasteiger partial charge in [-0.2, -0.15) is 0 Å². The van der Waals surface area contributed by atoms with E-state index in [1.165, 1.54) is 96.3 Å². The molecule has 1 N–H and O–H groups in total. The summed E-state index contributed by atoms with van der Waals surface area (Å²) in [6.45, 7) is 4.46. The first-order valence-electron chi connectivity index (χ1n) is 15.3. The minimum Gasteiger partial charge on any atom is -0.393 e. The van der Waals surface area contributed by atoms with Crippen LogP contribution in [0.5, 0.6) is 0 Å². The van der Waals surface area contributed by atoms with Crippen LogP contribution in [0.25, 0.3) is 0 Å². The highest BCUT2D eigenvalue weighted by Gasteiger charge is 2.09. The van der Waals surface area contributed by atoms with Gasteiger partial charge in [-0.25, -0.2) is 0 Å². The van der Waals surface area contributed by atoms with Crippen LogP contribution in [0.3, 0.4) is 0 Å². The number of ketones is 2. The minimum atomic E-state index is -0.102. The van der Waals surface area contributed by atoms with Gasteiger partial charge in [0, 0.05) is 12.8 Å². The Morgan fingerprint density at radius 2 is 0.765 bits per heavy atom. The van der Waals surface area contributed by atoms with Crippen LogP contribution in [0.4, 0.5) is 0 Å². The number of carbonyl (C=O) groups is 2. The Hall–Kier alpha value is -0.700. The van der Waals surface area contributed by atoms with Gasteiger partial charge in [0.15, 0.2) is 0 Å². The molecule has 0 heterocycles. The third-order valence-corrected chi connectivity index (χ3v) is 7.09. The standard InChI is InChI=1S/C31H60O3/c1-3-5-7-8-9-10-11-12-14-18-22-26-30(33)28-31(34)27-23-19-16-13-15-17-21-25-29(32)24-20-6-4-2/h29,32H,3-28H2,1-2H3. The van der Waals surface area contributed by atoms with Gasteiger partial charge < -0.3 is 5.11 Å². The average molecular weight is 481 g/mol. The molecule has 0 aromatic carbocycles. The van der Waals surface area contributed by atoms with Crippen LogP contribution >= 0.6 is 0 Å². The first kappa shape index (κ1) is 33.3. The van der Waals surface area contributed by atoms with E-state index >= 15 is 0 Å². The highest BCUT2D eigenvalue weighted by Crippen LogP contribution is 2.15. The Labute approximate surface area is 213 Å². The maximum Gasteiger partial charge on any atom is 0.140 e. The van der Waals surface area contributed by atoms with Crippen molar-refractivity contribution in [2.75, 3.05) is 0 Å². The largest absolute Gasteiger partial charge is 0.393 e. The zero-order valence-corrected chi connectivity index (χ0v) is 23.2. The summed E-state index contributed by atoms with van der Waals surface area (Å²) in [6.07, 6.45) is 28.9. The van der Waals surface area contributed by atoms with E-state index < -0.39 is 0 Å². The van der Waals surface area contributed by atoms with Crippen molar-refractivity contribution in [2.24, 2.45) is 0 Å². The molecule has 0 radical (unpaired) electrons. The van der Waals surface area contributed by atoms with Crippen molar-refractivity contribution in [2.45, 2.75) is 187 Å². The lowest BCUT2D eigenvalue weighted by molar-refractivity contribution is -0.127. The molecule has 0 aromatic heterocycles. The molecule has 34 heavy (non-hydrogen) atoms. The van der Waals surface area contributed by atoms with E-state index in [1.54, 1.807) is 0 Å². The van der Waals surface area contributed by atoms with Gasteiger partial charge in [0.1, 0.15) is 11.6 Å². The Morgan fingerprint density at radius 1 is 0.471 bits per heavy atom. The third kappa shape index (κ3) is 25.9. The van der Waals surface area contributed by atoms with Crippen molar-refractivity contribution in [1.82, 2.24) is 0 Å². The van der Waals surface area contributed by atoms with Crippen LogP contribution in [0, 0.1) is 0 Å². The first-order valence-corrected chi connectivity index (χ1v) is 15.3. The molecule has 1 unspecified atom stereocenters. The minimum absolute atomic E-state index is 0.102. The summed E-state index contributed by atoms with van der Waals surface area (Å²) in [4.78, 5) is 24.1. The third-order valence-electron chi connectivity index (χ3n) is 7.09. The van der Waals surface area contributed by atoms with Gasteiger partial charge in [-0.05, 0) is 25.7 Å². The van der Waals surface area contributed by atoms with Crippen LogP contribution in [-0.4, -0.2) is 22.8 Å². The van der Waals surface area contributed by atoms with Gasteiger partial charge in [-0.1, -0.05) is 136 Å². The number of hydrogen-bond donors (Lipinski definition) is 1. The van der Waals surface area contributed by atoms with Crippen LogP contribution in [0.1, 0.15) is 181 Å². The van der Waals surface area contributed by atoms with Gasteiger partial charge in [0.25, 0.3) is 0 Å². The summed E-state index contributed by atoms with van der Waals surface area (Å²) < 4.78 is 0. The van der Waals surface area contributed by atoms with E-state index in [4.69, 9.17) is 0 Å². The molecular weight excluding hydrogens is 420 g/mol. The summed E-state index contributed by atoms with van der Waals surface area (Å²) in [5, 5.41) is 9.94. The molecule has 0 aromatic rings. The lowest BCUT2D eigenvalue weighted by atomic mass is 10.0. The molecule has 3 nitrogen and oxygen atoms in total. The topological polar surface area (TPSA) is 54.4 Å².